The molecule has 0 radical (unpaired) electrons. The fraction of sp³-hybridized carbons (Fsp3) is 0.500. The fourth-order valence-corrected chi connectivity index (χ4v) is 2.11. The van der Waals surface area contributed by atoms with Crippen LogP contribution in [-0.2, 0) is 4.79 Å². The first-order valence-electron chi connectivity index (χ1n) is 6.44. The Morgan fingerprint density at radius 3 is 2.95 bits per heavy atom. The minimum Gasteiger partial charge on any atom is -0.497 e. The molecule has 0 aromatic heterocycles. The normalized spacial score (nSPS) is 18.1. The summed E-state index contributed by atoms with van der Waals surface area (Å²) in [7, 11) is 3.43. The van der Waals surface area contributed by atoms with Gasteiger partial charge in [0.25, 0.3) is 5.91 Å². The van der Waals surface area contributed by atoms with Gasteiger partial charge in [-0.15, -0.1) is 0 Å². The summed E-state index contributed by atoms with van der Waals surface area (Å²) in [4.78, 5) is 13.8. The maximum Gasteiger partial charge on any atom is 0.260 e. The van der Waals surface area contributed by atoms with Crippen molar-refractivity contribution >= 4 is 5.91 Å². The van der Waals surface area contributed by atoms with E-state index < -0.39 is 0 Å². The molecule has 0 bridgehead atoms. The van der Waals surface area contributed by atoms with E-state index in [1.165, 1.54) is 0 Å². The molecule has 1 aliphatic rings. The van der Waals surface area contributed by atoms with Crippen molar-refractivity contribution in [3.63, 3.8) is 0 Å². The third-order valence-electron chi connectivity index (χ3n) is 3.38. The Kier molecular flexibility index (Phi) is 4.63. The van der Waals surface area contributed by atoms with Crippen LogP contribution in [0.3, 0.4) is 0 Å². The van der Waals surface area contributed by atoms with Gasteiger partial charge in [0, 0.05) is 25.7 Å². The molecule has 1 N–H and O–H groups in total. The molecule has 1 fully saturated rings. The van der Waals surface area contributed by atoms with Crippen LogP contribution in [0.2, 0.25) is 0 Å². The zero-order valence-corrected chi connectivity index (χ0v) is 11.4. The number of methoxy groups -OCH3 is 1. The first-order valence-corrected chi connectivity index (χ1v) is 6.44. The first-order chi connectivity index (χ1) is 9.20. The molecule has 1 amide bonds. The number of carbonyl (C=O) groups excluding carboxylic acids is 1. The maximum absolute atomic E-state index is 12.0. The SMILES string of the molecule is COc1cccc(OCC(=O)N(C)C2CCNC2)c1. The second-order valence-corrected chi connectivity index (χ2v) is 4.62. The van der Waals surface area contributed by atoms with Crippen molar-refractivity contribution in [3.05, 3.63) is 24.3 Å². The Morgan fingerprint density at radius 2 is 2.26 bits per heavy atom. The zero-order valence-electron chi connectivity index (χ0n) is 11.4. The zero-order chi connectivity index (χ0) is 13.7. The van der Waals surface area contributed by atoms with Crippen LogP contribution in [0.1, 0.15) is 6.42 Å². The smallest absolute Gasteiger partial charge is 0.260 e. The van der Waals surface area contributed by atoms with E-state index in [-0.39, 0.29) is 18.6 Å². The largest absolute Gasteiger partial charge is 0.497 e. The van der Waals surface area contributed by atoms with Gasteiger partial charge in [-0.3, -0.25) is 4.79 Å². The summed E-state index contributed by atoms with van der Waals surface area (Å²) in [6.45, 7) is 1.89. The highest BCUT2D eigenvalue weighted by atomic mass is 16.5. The number of ether oxygens (including phenoxy) is 2. The molecule has 19 heavy (non-hydrogen) atoms. The Bertz CT molecular complexity index is 430. The molecule has 1 saturated heterocycles. The van der Waals surface area contributed by atoms with Crippen molar-refractivity contribution in [1.82, 2.24) is 10.2 Å². The number of amides is 1. The number of nitrogens with one attached hydrogen (secondary N) is 1. The minimum absolute atomic E-state index is 0.00322. The molecule has 1 unspecified atom stereocenters. The van der Waals surface area contributed by atoms with Gasteiger partial charge in [-0.1, -0.05) is 6.07 Å². The lowest BCUT2D eigenvalue weighted by Gasteiger charge is -2.23. The molecule has 1 aromatic rings. The average molecular weight is 264 g/mol. The molecule has 2 rings (SSSR count). The molecule has 5 nitrogen and oxygen atoms in total. The summed E-state index contributed by atoms with van der Waals surface area (Å²) in [5, 5.41) is 3.25. The van der Waals surface area contributed by atoms with E-state index >= 15 is 0 Å². The number of rotatable bonds is 5. The van der Waals surface area contributed by atoms with Crippen LogP contribution in [-0.4, -0.2) is 50.7 Å². The second kappa shape index (κ2) is 6.43. The molecule has 1 heterocycles. The molecular weight excluding hydrogens is 244 g/mol. The molecular formula is C14H20N2O3. The number of likely N-dealkylation sites (N-methyl/N-ethyl adjacent to an activating group) is 1. The molecule has 1 atom stereocenters. The highest BCUT2D eigenvalue weighted by Gasteiger charge is 2.23. The molecule has 0 saturated carbocycles. The number of benzene rings is 1. The van der Waals surface area contributed by atoms with Gasteiger partial charge in [-0.05, 0) is 25.1 Å². The summed E-state index contributed by atoms with van der Waals surface area (Å²) in [5.41, 5.74) is 0. The van der Waals surface area contributed by atoms with Crippen LogP contribution in [0.5, 0.6) is 11.5 Å². The second-order valence-electron chi connectivity index (χ2n) is 4.62. The van der Waals surface area contributed by atoms with Crippen molar-refractivity contribution in [3.8, 4) is 11.5 Å². The lowest BCUT2D eigenvalue weighted by molar-refractivity contribution is -0.133. The van der Waals surface area contributed by atoms with E-state index in [1.807, 2.05) is 25.2 Å². The standard InChI is InChI=1S/C14H20N2O3/c1-16(11-6-7-15-9-11)14(17)10-19-13-5-3-4-12(8-13)18-2/h3-5,8,11,15H,6-7,9-10H2,1-2H3. The minimum atomic E-state index is -0.00322. The predicted molar refractivity (Wildman–Crippen MR) is 72.5 cm³/mol. The van der Waals surface area contributed by atoms with Crippen molar-refractivity contribution in [2.45, 2.75) is 12.5 Å². The molecule has 5 heteroatoms. The van der Waals surface area contributed by atoms with E-state index in [0.717, 1.165) is 25.3 Å². The van der Waals surface area contributed by atoms with Crippen molar-refractivity contribution in [2.24, 2.45) is 0 Å². The number of hydrogen-bond donors (Lipinski definition) is 1. The third-order valence-corrected chi connectivity index (χ3v) is 3.38. The third kappa shape index (κ3) is 3.61. The van der Waals surface area contributed by atoms with E-state index in [2.05, 4.69) is 5.32 Å². The van der Waals surface area contributed by atoms with Crippen LogP contribution in [0.25, 0.3) is 0 Å². The van der Waals surface area contributed by atoms with Gasteiger partial charge in [-0.2, -0.15) is 0 Å². The van der Waals surface area contributed by atoms with Crippen LogP contribution >= 0.6 is 0 Å². The lowest BCUT2D eigenvalue weighted by atomic mass is 10.2. The van der Waals surface area contributed by atoms with E-state index in [0.29, 0.717) is 5.75 Å². The monoisotopic (exact) mass is 264 g/mol. The summed E-state index contributed by atoms with van der Waals surface area (Å²) >= 11 is 0. The highest BCUT2D eigenvalue weighted by Crippen LogP contribution is 2.19. The van der Waals surface area contributed by atoms with Crippen LogP contribution in [0, 0.1) is 0 Å². The van der Waals surface area contributed by atoms with Gasteiger partial charge >= 0.3 is 0 Å². The number of hydrogen-bond acceptors (Lipinski definition) is 4. The van der Waals surface area contributed by atoms with Gasteiger partial charge in [0.05, 0.1) is 7.11 Å². The quantitative estimate of drug-likeness (QED) is 0.858. The van der Waals surface area contributed by atoms with Crippen LogP contribution < -0.4 is 14.8 Å². The van der Waals surface area contributed by atoms with Gasteiger partial charge < -0.3 is 19.7 Å². The summed E-state index contributed by atoms with van der Waals surface area (Å²) in [6, 6.07) is 7.53. The van der Waals surface area contributed by atoms with Gasteiger partial charge in [0.1, 0.15) is 11.5 Å². The Morgan fingerprint density at radius 1 is 1.47 bits per heavy atom. The summed E-state index contributed by atoms with van der Waals surface area (Å²) in [6.07, 6.45) is 1.00. The molecule has 0 aliphatic carbocycles. The molecule has 1 aromatic carbocycles. The Labute approximate surface area is 113 Å². The summed E-state index contributed by atoms with van der Waals surface area (Å²) in [5.74, 6) is 1.36. The number of nitrogens with zero attached hydrogens (tertiary/aromatic N) is 1. The average Bonchev–Trinajstić information content (AvgIpc) is 2.98. The highest BCUT2D eigenvalue weighted by molar-refractivity contribution is 5.77. The lowest BCUT2D eigenvalue weighted by Crippen LogP contribution is -2.40. The van der Waals surface area contributed by atoms with Crippen molar-refractivity contribution in [2.75, 3.05) is 33.9 Å². The Balaban J connectivity index is 1.85. The van der Waals surface area contributed by atoms with Gasteiger partial charge in [0.15, 0.2) is 6.61 Å². The van der Waals surface area contributed by atoms with Crippen molar-refractivity contribution < 1.29 is 14.3 Å². The maximum atomic E-state index is 12.0. The van der Waals surface area contributed by atoms with E-state index in [4.69, 9.17) is 9.47 Å². The first kappa shape index (κ1) is 13.7. The number of carbonyl (C=O) groups is 1. The molecule has 0 spiro atoms. The van der Waals surface area contributed by atoms with E-state index in [1.54, 1.807) is 18.1 Å². The van der Waals surface area contributed by atoms with Crippen molar-refractivity contribution in [1.29, 1.82) is 0 Å². The van der Waals surface area contributed by atoms with Gasteiger partial charge in [-0.25, -0.2) is 0 Å². The Hall–Kier alpha value is -1.75. The molecule has 1 aliphatic heterocycles. The van der Waals surface area contributed by atoms with E-state index in [9.17, 15) is 4.79 Å². The predicted octanol–water partition coefficient (Wildman–Crippen LogP) is 0.894. The molecule has 104 valence electrons. The van der Waals surface area contributed by atoms with Gasteiger partial charge in [0.2, 0.25) is 0 Å². The fourth-order valence-electron chi connectivity index (χ4n) is 2.11. The topological polar surface area (TPSA) is 50.8 Å². The summed E-state index contributed by atoms with van der Waals surface area (Å²) < 4.78 is 10.6. The van der Waals surface area contributed by atoms with Crippen LogP contribution in [0.4, 0.5) is 0 Å². The van der Waals surface area contributed by atoms with Crippen LogP contribution in [0.15, 0.2) is 24.3 Å².